The largest absolute Gasteiger partial charge is 0.457 e. The fourth-order valence-corrected chi connectivity index (χ4v) is 5.03. The zero-order valence-electron chi connectivity index (χ0n) is 21.6. The quantitative estimate of drug-likeness (QED) is 0.310. The lowest BCUT2D eigenvalue weighted by atomic mass is 9.61. The summed E-state index contributed by atoms with van der Waals surface area (Å²) in [7, 11) is 1.83. The molecule has 5 rings (SSSR count). The van der Waals surface area contributed by atoms with E-state index in [0.717, 1.165) is 65.2 Å². The maximum absolute atomic E-state index is 12.8. The van der Waals surface area contributed by atoms with Gasteiger partial charge in [-0.2, -0.15) is 0 Å². The number of hydrogen-bond acceptors (Lipinski definition) is 5. The Morgan fingerprint density at radius 2 is 1.75 bits per heavy atom. The van der Waals surface area contributed by atoms with Crippen LogP contribution in [0.2, 0.25) is 0 Å². The van der Waals surface area contributed by atoms with E-state index in [9.17, 15) is 4.79 Å². The van der Waals surface area contributed by atoms with E-state index < -0.39 is 0 Å². The second kappa shape index (κ2) is 11.0. The Labute approximate surface area is 214 Å². The highest BCUT2D eigenvalue weighted by Crippen LogP contribution is 2.44. The summed E-state index contributed by atoms with van der Waals surface area (Å²) in [5.41, 5.74) is 5.85. The van der Waals surface area contributed by atoms with E-state index in [4.69, 9.17) is 10.1 Å². The van der Waals surface area contributed by atoms with Crippen LogP contribution in [0.15, 0.2) is 60.7 Å². The van der Waals surface area contributed by atoms with E-state index in [0.29, 0.717) is 17.2 Å². The Bertz CT molecular complexity index is 1240. The lowest BCUT2D eigenvalue weighted by molar-refractivity contribution is 0.0232. The summed E-state index contributed by atoms with van der Waals surface area (Å²) in [4.78, 5) is 12.8. The summed E-state index contributed by atoms with van der Waals surface area (Å²) in [5, 5.41) is 17.1. The fraction of sp³-hybridized carbons (Fsp3) is 0.333. The van der Waals surface area contributed by atoms with Gasteiger partial charge in [0.2, 0.25) is 0 Å². The average molecular weight is 485 g/mol. The van der Waals surface area contributed by atoms with E-state index in [1.54, 1.807) is 0 Å². The average Bonchev–Trinajstić information content (AvgIpc) is 2.86. The molecule has 1 heterocycles. The molecule has 6 heteroatoms. The van der Waals surface area contributed by atoms with Crippen LogP contribution in [0.3, 0.4) is 0 Å². The van der Waals surface area contributed by atoms with Gasteiger partial charge in [-0.25, -0.2) is 0 Å². The first-order valence-electron chi connectivity index (χ1n) is 12.7. The number of carbonyl (C=O) groups excluding carboxylic acids is 1. The molecule has 1 spiro atoms. The third-order valence-corrected chi connectivity index (χ3v) is 7.02. The first-order chi connectivity index (χ1) is 17.5. The van der Waals surface area contributed by atoms with Crippen molar-refractivity contribution in [3.05, 3.63) is 77.4 Å². The molecule has 2 aliphatic rings. The Morgan fingerprint density at radius 1 is 1.03 bits per heavy atom. The number of benzene rings is 3. The van der Waals surface area contributed by atoms with Gasteiger partial charge in [-0.15, -0.1) is 0 Å². The Hall–Kier alpha value is -3.64. The second-order valence-corrected chi connectivity index (χ2v) is 9.49. The minimum atomic E-state index is 0.0157. The number of ether oxygens (including phenoxy) is 1. The second-order valence-electron chi connectivity index (χ2n) is 9.49. The molecule has 1 amide bonds. The number of hydrogen-bond donors (Lipinski definition) is 4. The molecule has 36 heavy (non-hydrogen) atoms. The SMILES string of the molecule is CC.CNc1cc(Oc2cccc(-c3ccc(C(=O)NC4CC5(CNC5)C4)c(C)c3)c2)ccc1C=N. The molecule has 0 atom stereocenters. The molecule has 3 aromatic carbocycles. The highest BCUT2D eigenvalue weighted by molar-refractivity contribution is 5.96. The Morgan fingerprint density at radius 3 is 2.39 bits per heavy atom. The summed E-state index contributed by atoms with van der Waals surface area (Å²) in [6.45, 7) is 8.16. The van der Waals surface area contributed by atoms with Crippen LogP contribution >= 0.6 is 0 Å². The van der Waals surface area contributed by atoms with Crippen molar-refractivity contribution in [3.63, 3.8) is 0 Å². The van der Waals surface area contributed by atoms with Crippen molar-refractivity contribution < 1.29 is 9.53 Å². The van der Waals surface area contributed by atoms with Crippen LogP contribution in [-0.2, 0) is 0 Å². The highest BCUT2D eigenvalue weighted by Gasteiger charge is 2.48. The predicted molar refractivity (Wildman–Crippen MR) is 148 cm³/mol. The minimum Gasteiger partial charge on any atom is -0.457 e. The molecule has 6 nitrogen and oxygen atoms in total. The summed E-state index contributed by atoms with van der Waals surface area (Å²) in [5.74, 6) is 1.44. The molecule has 4 N–H and O–H groups in total. The highest BCUT2D eigenvalue weighted by atomic mass is 16.5. The molecule has 0 aromatic heterocycles. The normalized spacial score (nSPS) is 15.6. The van der Waals surface area contributed by atoms with Crippen LogP contribution in [0, 0.1) is 17.7 Å². The Balaban J connectivity index is 0.00000148. The van der Waals surface area contributed by atoms with Gasteiger partial charge in [0.15, 0.2) is 0 Å². The molecule has 1 aliphatic heterocycles. The van der Waals surface area contributed by atoms with Gasteiger partial charge in [-0.3, -0.25) is 4.79 Å². The van der Waals surface area contributed by atoms with Crippen molar-refractivity contribution in [2.24, 2.45) is 5.41 Å². The van der Waals surface area contributed by atoms with E-state index in [2.05, 4.69) is 22.0 Å². The van der Waals surface area contributed by atoms with Gasteiger partial charge in [0.25, 0.3) is 5.91 Å². The third-order valence-electron chi connectivity index (χ3n) is 7.02. The van der Waals surface area contributed by atoms with Gasteiger partial charge in [-0.1, -0.05) is 38.1 Å². The molecule has 1 saturated carbocycles. The van der Waals surface area contributed by atoms with Gasteiger partial charge in [0, 0.05) is 55.3 Å². The van der Waals surface area contributed by atoms with E-state index >= 15 is 0 Å². The zero-order valence-corrected chi connectivity index (χ0v) is 21.6. The lowest BCUT2D eigenvalue weighted by Gasteiger charge is -2.54. The van der Waals surface area contributed by atoms with Crippen molar-refractivity contribution >= 4 is 17.8 Å². The smallest absolute Gasteiger partial charge is 0.251 e. The summed E-state index contributed by atoms with van der Waals surface area (Å²) < 4.78 is 6.08. The summed E-state index contributed by atoms with van der Waals surface area (Å²) in [6, 6.07) is 19.8. The van der Waals surface area contributed by atoms with Gasteiger partial charge in [-0.05, 0) is 72.2 Å². The van der Waals surface area contributed by atoms with E-state index in [-0.39, 0.29) is 5.91 Å². The first kappa shape index (κ1) is 25.5. The molecule has 3 aromatic rings. The topological polar surface area (TPSA) is 86.2 Å². The molecule has 188 valence electrons. The van der Waals surface area contributed by atoms with Crippen LogP contribution in [0.1, 0.15) is 48.2 Å². The van der Waals surface area contributed by atoms with Crippen LogP contribution in [0.25, 0.3) is 11.1 Å². The Kier molecular flexibility index (Phi) is 7.75. The van der Waals surface area contributed by atoms with Gasteiger partial charge < -0.3 is 26.1 Å². The number of nitrogens with one attached hydrogen (secondary N) is 4. The van der Waals surface area contributed by atoms with Crippen LogP contribution in [0.5, 0.6) is 11.5 Å². The third kappa shape index (κ3) is 5.29. The predicted octanol–water partition coefficient (Wildman–Crippen LogP) is 6.00. The molecule has 0 unspecified atom stereocenters. The molecule has 1 saturated heterocycles. The van der Waals surface area contributed by atoms with Crippen LogP contribution < -0.4 is 20.7 Å². The zero-order chi connectivity index (χ0) is 25.7. The monoisotopic (exact) mass is 484 g/mol. The molecule has 0 bridgehead atoms. The minimum absolute atomic E-state index is 0.0157. The van der Waals surface area contributed by atoms with Crippen molar-refractivity contribution in [1.29, 1.82) is 5.41 Å². The maximum atomic E-state index is 12.8. The number of rotatable bonds is 7. The first-order valence-corrected chi connectivity index (χ1v) is 12.7. The molecular formula is C30H36N4O2. The maximum Gasteiger partial charge on any atom is 0.251 e. The number of anilines is 1. The van der Waals surface area contributed by atoms with Crippen molar-refractivity contribution in [1.82, 2.24) is 10.6 Å². The molecular weight excluding hydrogens is 448 g/mol. The van der Waals surface area contributed by atoms with Crippen molar-refractivity contribution in [2.45, 2.75) is 39.7 Å². The standard InChI is InChI=1S/C28H30N4O2.C2H6/c1-18-10-20(7-9-25(18)27(33)32-22-13-28(14-22)16-31-17-28)19-4-3-5-23(11-19)34-24-8-6-21(15-29)26(12-24)30-2;1-2/h3-12,15,22,29-31H,13-14,16-17H2,1-2H3,(H,32,33);1-2H3. The molecule has 2 fully saturated rings. The summed E-state index contributed by atoms with van der Waals surface area (Å²) >= 11 is 0. The number of aryl methyl sites for hydroxylation is 1. The number of carbonyl (C=O) groups is 1. The lowest BCUT2D eigenvalue weighted by Crippen LogP contribution is -2.65. The van der Waals surface area contributed by atoms with Crippen LogP contribution in [-0.4, -0.2) is 38.3 Å². The number of amides is 1. The van der Waals surface area contributed by atoms with Gasteiger partial charge in [0.1, 0.15) is 11.5 Å². The van der Waals surface area contributed by atoms with Gasteiger partial charge >= 0.3 is 0 Å². The van der Waals surface area contributed by atoms with Gasteiger partial charge in [0.05, 0.1) is 0 Å². The molecule has 1 aliphatic carbocycles. The van der Waals surface area contributed by atoms with Crippen molar-refractivity contribution in [3.8, 4) is 22.6 Å². The summed E-state index contributed by atoms with van der Waals surface area (Å²) in [6.07, 6.45) is 3.47. The van der Waals surface area contributed by atoms with Crippen molar-refractivity contribution in [2.75, 3.05) is 25.5 Å². The van der Waals surface area contributed by atoms with Crippen LogP contribution in [0.4, 0.5) is 5.69 Å². The van der Waals surface area contributed by atoms with E-state index in [1.165, 1.54) is 6.21 Å². The fourth-order valence-electron chi connectivity index (χ4n) is 5.03. The van der Waals surface area contributed by atoms with E-state index in [1.807, 2.05) is 82.4 Å². The molecule has 0 radical (unpaired) electrons.